The zero-order valence-electron chi connectivity index (χ0n) is 8.40. The van der Waals surface area contributed by atoms with Gasteiger partial charge in [0.2, 0.25) is 5.91 Å². The largest absolute Gasteiger partial charge is 0.480 e. The molecular weight excluding hydrogens is 202 g/mol. The van der Waals surface area contributed by atoms with Crippen LogP contribution in [0.15, 0.2) is 0 Å². The number of hydrogen-bond acceptors (Lipinski definition) is 3. The summed E-state index contributed by atoms with van der Waals surface area (Å²) in [5.74, 6) is -0.755. The second-order valence-electron chi connectivity index (χ2n) is 3.41. The fraction of sp³-hybridized carbons (Fsp3) is 0.778. The molecule has 2 atom stereocenters. The minimum atomic E-state index is -0.820. The van der Waals surface area contributed by atoms with E-state index >= 15 is 0 Å². The molecule has 0 aromatic heterocycles. The van der Waals surface area contributed by atoms with Crippen molar-refractivity contribution in [1.82, 2.24) is 4.90 Å². The van der Waals surface area contributed by atoms with Gasteiger partial charge in [-0.25, -0.2) is 0 Å². The summed E-state index contributed by atoms with van der Waals surface area (Å²) in [4.78, 5) is 23.9. The highest BCUT2D eigenvalue weighted by Gasteiger charge is 2.33. The molecule has 0 radical (unpaired) electrons. The predicted molar refractivity (Wildman–Crippen MR) is 55.3 cm³/mol. The predicted octanol–water partition coefficient (Wildman–Crippen LogP) is 0.813. The maximum Gasteiger partial charge on any atom is 0.316 e. The van der Waals surface area contributed by atoms with Crippen LogP contribution < -0.4 is 0 Å². The molecule has 1 fully saturated rings. The van der Waals surface area contributed by atoms with E-state index in [1.54, 1.807) is 11.9 Å². The van der Waals surface area contributed by atoms with Crippen LogP contribution in [0.1, 0.15) is 19.8 Å². The molecule has 5 heteroatoms. The molecule has 0 spiro atoms. The summed E-state index contributed by atoms with van der Waals surface area (Å²) in [5.41, 5.74) is 0. The van der Waals surface area contributed by atoms with Gasteiger partial charge in [-0.05, 0) is 12.8 Å². The lowest BCUT2D eigenvalue weighted by Gasteiger charge is -2.14. The molecule has 80 valence electrons. The molecule has 0 aromatic carbocycles. The van der Waals surface area contributed by atoms with Crippen LogP contribution in [0.3, 0.4) is 0 Å². The topological polar surface area (TPSA) is 57.6 Å². The molecular formula is C9H15NO3S. The maximum absolute atomic E-state index is 11.5. The fourth-order valence-corrected chi connectivity index (χ4v) is 2.69. The van der Waals surface area contributed by atoms with Crippen molar-refractivity contribution in [3.8, 4) is 0 Å². The summed E-state index contributed by atoms with van der Waals surface area (Å²) in [6, 6.07) is 0. The van der Waals surface area contributed by atoms with E-state index in [0.717, 1.165) is 13.0 Å². The zero-order chi connectivity index (χ0) is 10.7. The first kappa shape index (κ1) is 11.4. The Bertz CT molecular complexity index is 244. The molecule has 1 N–H and O–H groups in total. The molecule has 14 heavy (non-hydrogen) atoms. The molecule has 1 heterocycles. The first-order chi connectivity index (χ1) is 6.56. The van der Waals surface area contributed by atoms with Crippen LogP contribution in [0.2, 0.25) is 0 Å². The second kappa shape index (κ2) is 4.68. The lowest BCUT2D eigenvalue weighted by molar-refractivity contribution is -0.136. The third kappa shape index (κ3) is 2.41. The highest BCUT2D eigenvalue weighted by molar-refractivity contribution is 8.01. The Kier molecular flexibility index (Phi) is 3.80. The minimum Gasteiger partial charge on any atom is -0.480 e. The van der Waals surface area contributed by atoms with Crippen molar-refractivity contribution in [1.29, 1.82) is 0 Å². The smallest absolute Gasteiger partial charge is 0.316 e. The number of carboxylic acids is 1. The number of nitrogens with zero attached hydrogens (tertiary/aromatic N) is 1. The van der Waals surface area contributed by atoms with Crippen LogP contribution in [-0.2, 0) is 9.59 Å². The van der Waals surface area contributed by atoms with E-state index in [-0.39, 0.29) is 11.2 Å². The Balaban J connectivity index is 2.51. The number of likely N-dealkylation sites (tertiary alicyclic amines) is 1. The van der Waals surface area contributed by atoms with Crippen LogP contribution in [0.25, 0.3) is 0 Å². The highest BCUT2D eigenvalue weighted by atomic mass is 32.2. The van der Waals surface area contributed by atoms with Gasteiger partial charge in [0.15, 0.2) is 0 Å². The lowest BCUT2D eigenvalue weighted by Crippen LogP contribution is -2.27. The molecule has 4 nitrogen and oxygen atoms in total. The van der Waals surface area contributed by atoms with Crippen LogP contribution >= 0.6 is 11.8 Å². The van der Waals surface area contributed by atoms with Gasteiger partial charge in [0.25, 0.3) is 0 Å². The number of carboxylic acid groups (broad SMARTS) is 1. The van der Waals surface area contributed by atoms with E-state index < -0.39 is 11.2 Å². The van der Waals surface area contributed by atoms with E-state index in [1.807, 2.05) is 6.92 Å². The Morgan fingerprint density at radius 1 is 1.79 bits per heavy atom. The Labute approximate surface area is 87.7 Å². The molecule has 2 unspecified atom stereocenters. The van der Waals surface area contributed by atoms with E-state index in [0.29, 0.717) is 6.42 Å². The number of rotatable bonds is 4. The number of carbonyl (C=O) groups is 2. The molecule has 0 aromatic rings. The van der Waals surface area contributed by atoms with Crippen LogP contribution in [-0.4, -0.2) is 46.0 Å². The SMILES string of the molecule is CCC(SC1CCN(C)C1=O)C(=O)O. The van der Waals surface area contributed by atoms with Crippen molar-refractivity contribution in [3.05, 3.63) is 0 Å². The summed E-state index contributed by atoms with van der Waals surface area (Å²) in [5, 5.41) is 8.24. The van der Waals surface area contributed by atoms with Crippen molar-refractivity contribution >= 4 is 23.6 Å². The number of aliphatic carboxylic acids is 1. The summed E-state index contributed by atoms with van der Waals surface area (Å²) in [7, 11) is 1.75. The average molecular weight is 217 g/mol. The van der Waals surface area contributed by atoms with Crippen LogP contribution in [0.4, 0.5) is 0 Å². The number of hydrogen-bond donors (Lipinski definition) is 1. The average Bonchev–Trinajstić information content (AvgIpc) is 2.44. The Morgan fingerprint density at radius 2 is 2.43 bits per heavy atom. The van der Waals surface area contributed by atoms with E-state index in [4.69, 9.17) is 5.11 Å². The van der Waals surface area contributed by atoms with Gasteiger partial charge in [0.1, 0.15) is 5.25 Å². The normalized spacial score (nSPS) is 24.0. The summed E-state index contributed by atoms with van der Waals surface area (Å²) in [6.07, 6.45) is 1.33. The van der Waals surface area contributed by atoms with Gasteiger partial charge >= 0.3 is 5.97 Å². The molecule has 1 rings (SSSR count). The van der Waals surface area contributed by atoms with E-state index in [2.05, 4.69) is 0 Å². The Hall–Kier alpha value is -0.710. The first-order valence-electron chi connectivity index (χ1n) is 4.69. The summed E-state index contributed by atoms with van der Waals surface area (Å²) in [6.45, 7) is 2.57. The van der Waals surface area contributed by atoms with Crippen molar-refractivity contribution in [2.45, 2.75) is 30.3 Å². The molecule has 1 amide bonds. The van der Waals surface area contributed by atoms with Crippen LogP contribution in [0.5, 0.6) is 0 Å². The molecule has 1 aliphatic heterocycles. The Morgan fingerprint density at radius 3 is 2.79 bits per heavy atom. The quantitative estimate of drug-likeness (QED) is 0.757. The standard InChI is InChI=1S/C9H15NO3S/c1-3-6(9(12)13)14-7-4-5-10(2)8(7)11/h6-7H,3-5H2,1-2H3,(H,12,13). The van der Waals surface area contributed by atoms with Gasteiger partial charge in [0, 0.05) is 13.6 Å². The molecule has 0 saturated carbocycles. The van der Waals surface area contributed by atoms with Gasteiger partial charge in [-0.2, -0.15) is 0 Å². The van der Waals surface area contributed by atoms with Gasteiger partial charge in [0.05, 0.1) is 5.25 Å². The lowest BCUT2D eigenvalue weighted by atomic mass is 10.3. The monoisotopic (exact) mass is 217 g/mol. The third-order valence-electron chi connectivity index (χ3n) is 2.35. The maximum atomic E-state index is 11.5. The molecule has 0 aliphatic carbocycles. The number of amides is 1. The zero-order valence-corrected chi connectivity index (χ0v) is 9.21. The summed E-state index contributed by atoms with van der Waals surface area (Å²) < 4.78 is 0. The molecule has 1 aliphatic rings. The molecule has 0 bridgehead atoms. The van der Waals surface area contributed by atoms with Crippen molar-refractivity contribution in [3.63, 3.8) is 0 Å². The van der Waals surface area contributed by atoms with Crippen molar-refractivity contribution in [2.24, 2.45) is 0 Å². The highest BCUT2D eigenvalue weighted by Crippen LogP contribution is 2.28. The van der Waals surface area contributed by atoms with Gasteiger partial charge in [-0.15, -0.1) is 11.8 Å². The summed E-state index contributed by atoms with van der Waals surface area (Å²) >= 11 is 1.28. The minimum absolute atomic E-state index is 0.0645. The van der Waals surface area contributed by atoms with Crippen molar-refractivity contribution < 1.29 is 14.7 Å². The van der Waals surface area contributed by atoms with Gasteiger partial charge < -0.3 is 10.0 Å². The molecule has 1 saturated heterocycles. The van der Waals surface area contributed by atoms with E-state index in [1.165, 1.54) is 11.8 Å². The number of carbonyl (C=O) groups excluding carboxylic acids is 1. The third-order valence-corrected chi connectivity index (χ3v) is 3.98. The fourth-order valence-electron chi connectivity index (χ4n) is 1.44. The second-order valence-corrected chi connectivity index (χ2v) is 4.82. The van der Waals surface area contributed by atoms with Crippen LogP contribution in [0, 0.1) is 0 Å². The number of thioether (sulfide) groups is 1. The van der Waals surface area contributed by atoms with Gasteiger partial charge in [-0.3, -0.25) is 9.59 Å². The van der Waals surface area contributed by atoms with Crippen molar-refractivity contribution in [2.75, 3.05) is 13.6 Å². The van der Waals surface area contributed by atoms with Gasteiger partial charge in [-0.1, -0.05) is 6.92 Å². The first-order valence-corrected chi connectivity index (χ1v) is 5.63. The van der Waals surface area contributed by atoms with E-state index in [9.17, 15) is 9.59 Å².